The first-order valence-electron chi connectivity index (χ1n) is 11.0. The number of halogens is 1. The van der Waals surface area contributed by atoms with Gasteiger partial charge in [0.25, 0.3) is 0 Å². The van der Waals surface area contributed by atoms with Crippen LogP contribution in [0, 0.1) is 5.82 Å². The largest absolute Gasteiger partial charge is 0.341 e. The molecule has 0 unspecified atom stereocenters. The van der Waals surface area contributed by atoms with Gasteiger partial charge < -0.3 is 10.2 Å². The van der Waals surface area contributed by atoms with Crippen molar-refractivity contribution in [2.24, 2.45) is 0 Å². The smallest absolute Gasteiger partial charge is 0.232 e. The quantitative estimate of drug-likeness (QED) is 0.553. The third-order valence-electron chi connectivity index (χ3n) is 5.64. The van der Waals surface area contributed by atoms with Crippen LogP contribution < -0.4 is 5.32 Å². The molecule has 2 amide bonds. The molecule has 1 saturated heterocycles. The van der Waals surface area contributed by atoms with Crippen LogP contribution in [0.2, 0.25) is 0 Å². The van der Waals surface area contributed by atoms with Crippen molar-refractivity contribution in [1.82, 2.24) is 14.8 Å². The number of hydrogen-bond acceptors (Lipinski definition) is 5. The molecule has 0 aliphatic carbocycles. The maximum atomic E-state index is 13.7. The molecule has 0 bridgehead atoms. The van der Waals surface area contributed by atoms with E-state index in [1.807, 2.05) is 35.2 Å². The SMILES string of the molecule is CC(=O)Nc1ccc(CN2CCCN(C(=O)CSc3ccnc4ccc(F)cc34)CC2)cc1. The number of nitrogens with zero attached hydrogens (tertiary/aromatic N) is 3. The minimum atomic E-state index is -0.305. The van der Waals surface area contributed by atoms with E-state index in [-0.39, 0.29) is 17.6 Å². The summed E-state index contributed by atoms with van der Waals surface area (Å²) < 4.78 is 13.7. The van der Waals surface area contributed by atoms with Gasteiger partial charge in [-0.2, -0.15) is 0 Å². The van der Waals surface area contributed by atoms with Gasteiger partial charge in [0.1, 0.15) is 5.82 Å². The van der Waals surface area contributed by atoms with Gasteiger partial charge >= 0.3 is 0 Å². The maximum Gasteiger partial charge on any atom is 0.232 e. The van der Waals surface area contributed by atoms with Gasteiger partial charge in [-0.3, -0.25) is 19.5 Å². The zero-order valence-electron chi connectivity index (χ0n) is 18.6. The summed E-state index contributed by atoms with van der Waals surface area (Å²) in [4.78, 5) is 33.5. The molecule has 0 saturated carbocycles. The number of amides is 2. The summed E-state index contributed by atoms with van der Waals surface area (Å²) in [6, 6.07) is 14.2. The number of anilines is 1. The van der Waals surface area contributed by atoms with Crippen LogP contribution in [0.4, 0.5) is 10.1 Å². The van der Waals surface area contributed by atoms with Gasteiger partial charge in [0.15, 0.2) is 0 Å². The van der Waals surface area contributed by atoms with E-state index in [4.69, 9.17) is 0 Å². The van der Waals surface area contributed by atoms with Gasteiger partial charge in [0.05, 0.1) is 11.3 Å². The fraction of sp³-hybridized carbons (Fsp3) is 0.320. The zero-order valence-corrected chi connectivity index (χ0v) is 19.4. The molecule has 4 rings (SSSR count). The normalized spacial score (nSPS) is 14.8. The Hall–Kier alpha value is -2.97. The minimum Gasteiger partial charge on any atom is -0.341 e. The molecule has 1 N–H and O–H groups in total. The molecule has 0 radical (unpaired) electrons. The lowest BCUT2D eigenvalue weighted by molar-refractivity contribution is -0.128. The van der Waals surface area contributed by atoms with Crippen molar-refractivity contribution >= 4 is 40.2 Å². The molecule has 8 heteroatoms. The number of nitrogens with one attached hydrogen (secondary N) is 1. The lowest BCUT2D eigenvalue weighted by Crippen LogP contribution is -2.36. The number of carbonyl (C=O) groups is 2. The predicted molar refractivity (Wildman–Crippen MR) is 130 cm³/mol. The number of fused-ring (bicyclic) bond motifs is 1. The van der Waals surface area contributed by atoms with E-state index in [9.17, 15) is 14.0 Å². The number of carbonyl (C=O) groups excluding carboxylic acids is 2. The summed E-state index contributed by atoms with van der Waals surface area (Å²) >= 11 is 1.43. The Balaban J connectivity index is 1.30. The molecule has 1 fully saturated rings. The molecule has 0 atom stereocenters. The highest BCUT2D eigenvalue weighted by molar-refractivity contribution is 8.00. The van der Waals surface area contributed by atoms with Crippen LogP contribution >= 0.6 is 11.8 Å². The predicted octanol–water partition coefficient (Wildman–Crippen LogP) is 4.16. The van der Waals surface area contributed by atoms with Crippen LogP contribution in [0.5, 0.6) is 0 Å². The van der Waals surface area contributed by atoms with Crippen molar-refractivity contribution < 1.29 is 14.0 Å². The van der Waals surface area contributed by atoms with Gasteiger partial charge in [-0.05, 0) is 48.4 Å². The first kappa shape index (κ1) is 23.2. The fourth-order valence-electron chi connectivity index (χ4n) is 3.98. The lowest BCUT2D eigenvalue weighted by atomic mass is 10.2. The molecule has 172 valence electrons. The number of thioether (sulfide) groups is 1. The van der Waals surface area contributed by atoms with E-state index in [1.54, 1.807) is 12.3 Å². The molecule has 6 nitrogen and oxygen atoms in total. The standard InChI is InChI=1S/C25H27FN4O2S/c1-18(31)28-21-6-3-19(4-7-21)16-29-11-2-12-30(14-13-29)25(32)17-33-24-9-10-27-23-8-5-20(26)15-22(23)24/h3-10,15H,2,11-14,16-17H2,1H3,(H,28,31). The average molecular weight is 467 g/mol. The second kappa shape index (κ2) is 10.8. The summed E-state index contributed by atoms with van der Waals surface area (Å²) in [5.41, 5.74) is 2.70. The van der Waals surface area contributed by atoms with Gasteiger partial charge in [-0.15, -0.1) is 11.8 Å². The summed E-state index contributed by atoms with van der Waals surface area (Å²) in [5, 5.41) is 3.52. The Morgan fingerprint density at radius 1 is 1.06 bits per heavy atom. The van der Waals surface area contributed by atoms with Crippen molar-refractivity contribution in [3.8, 4) is 0 Å². The number of rotatable bonds is 6. The average Bonchev–Trinajstić information content (AvgIpc) is 3.04. The number of benzene rings is 2. The Morgan fingerprint density at radius 3 is 2.67 bits per heavy atom. The van der Waals surface area contributed by atoms with E-state index in [1.165, 1.54) is 36.4 Å². The third kappa shape index (κ3) is 6.30. The molecule has 2 aromatic carbocycles. The summed E-state index contributed by atoms with van der Waals surface area (Å²) in [6.07, 6.45) is 2.61. The van der Waals surface area contributed by atoms with Crippen molar-refractivity contribution in [2.75, 3.05) is 37.2 Å². The lowest BCUT2D eigenvalue weighted by Gasteiger charge is -2.22. The number of pyridine rings is 1. The maximum absolute atomic E-state index is 13.7. The molecule has 33 heavy (non-hydrogen) atoms. The van der Waals surface area contributed by atoms with Crippen molar-refractivity contribution in [3.05, 3.63) is 66.1 Å². The fourth-order valence-corrected chi connectivity index (χ4v) is 4.92. The van der Waals surface area contributed by atoms with Gasteiger partial charge in [0.2, 0.25) is 11.8 Å². The second-order valence-corrected chi connectivity index (χ2v) is 9.17. The van der Waals surface area contributed by atoms with Crippen molar-refractivity contribution in [1.29, 1.82) is 0 Å². The Labute approximate surface area is 197 Å². The first-order chi connectivity index (χ1) is 16.0. The molecular weight excluding hydrogens is 439 g/mol. The first-order valence-corrected chi connectivity index (χ1v) is 12.0. The van der Waals surface area contributed by atoms with Crippen LogP contribution in [0.1, 0.15) is 18.9 Å². The summed E-state index contributed by atoms with van der Waals surface area (Å²) in [6.45, 7) is 5.48. The molecular formula is C25H27FN4O2S. The van der Waals surface area contributed by atoms with Crippen LogP contribution in [-0.4, -0.2) is 58.5 Å². The van der Waals surface area contributed by atoms with Crippen LogP contribution in [0.15, 0.2) is 59.6 Å². The minimum absolute atomic E-state index is 0.0810. The van der Waals surface area contributed by atoms with Gasteiger partial charge in [-0.1, -0.05) is 12.1 Å². The highest BCUT2D eigenvalue weighted by Crippen LogP contribution is 2.27. The van der Waals surface area contributed by atoms with Gasteiger partial charge in [0, 0.05) is 61.8 Å². The molecule has 1 aliphatic heterocycles. The zero-order chi connectivity index (χ0) is 23.2. The molecule has 1 aromatic heterocycles. The van der Waals surface area contributed by atoms with E-state index in [0.29, 0.717) is 12.3 Å². The van der Waals surface area contributed by atoms with Crippen LogP contribution in [0.25, 0.3) is 10.9 Å². The highest BCUT2D eigenvalue weighted by Gasteiger charge is 2.20. The van der Waals surface area contributed by atoms with Crippen LogP contribution in [0.3, 0.4) is 0 Å². The Morgan fingerprint density at radius 2 is 1.88 bits per heavy atom. The van der Waals surface area contributed by atoms with Crippen molar-refractivity contribution in [2.45, 2.75) is 24.8 Å². The third-order valence-corrected chi connectivity index (χ3v) is 6.69. The van der Waals surface area contributed by atoms with E-state index in [0.717, 1.165) is 54.1 Å². The molecule has 0 spiro atoms. The van der Waals surface area contributed by atoms with E-state index < -0.39 is 0 Å². The Bertz CT molecular complexity index is 1140. The molecule has 2 heterocycles. The van der Waals surface area contributed by atoms with Crippen molar-refractivity contribution in [3.63, 3.8) is 0 Å². The number of aromatic nitrogens is 1. The van der Waals surface area contributed by atoms with Crippen LogP contribution in [-0.2, 0) is 16.1 Å². The number of hydrogen-bond donors (Lipinski definition) is 1. The monoisotopic (exact) mass is 466 g/mol. The topological polar surface area (TPSA) is 65.5 Å². The molecule has 1 aliphatic rings. The second-order valence-electron chi connectivity index (χ2n) is 8.15. The highest BCUT2D eigenvalue weighted by atomic mass is 32.2. The summed E-state index contributed by atoms with van der Waals surface area (Å²) in [5.74, 6) is 0.0339. The summed E-state index contributed by atoms with van der Waals surface area (Å²) in [7, 11) is 0. The Kier molecular flexibility index (Phi) is 7.57. The van der Waals surface area contributed by atoms with E-state index in [2.05, 4.69) is 15.2 Å². The molecule has 3 aromatic rings. The van der Waals surface area contributed by atoms with Gasteiger partial charge in [-0.25, -0.2) is 4.39 Å². The van der Waals surface area contributed by atoms with E-state index >= 15 is 0 Å².